The van der Waals surface area contributed by atoms with Gasteiger partial charge in [0.25, 0.3) is 0 Å². The molecular formula is C14H14Br2O3S. The van der Waals surface area contributed by atoms with Crippen molar-refractivity contribution in [2.45, 2.75) is 6.10 Å². The fourth-order valence-electron chi connectivity index (χ4n) is 1.69. The first-order chi connectivity index (χ1) is 9.63. The van der Waals surface area contributed by atoms with Crippen molar-refractivity contribution >= 4 is 43.2 Å². The molecule has 108 valence electrons. The number of hydrogen-bond donors (Lipinski definition) is 1. The van der Waals surface area contributed by atoms with Gasteiger partial charge in [-0.1, -0.05) is 6.07 Å². The number of rotatable bonds is 6. The van der Waals surface area contributed by atoms with Crippen molar-refractivity contribution in [1.29, 1.82) is 0 Å². The Balaban J connectivity index is 2.14. The topological polar surface area (TPSA) is 38.7 Å². The maximum Gasteiger partial charge on any atom is 0.133 e. The quantitative estimate of drug-likeness (QED) is 0.703. The van der Waals surface area contributed by atoms with Gasteiger partial charge in [-0.2, -0.15) is 0 Å². The molecule has 3 nitrogen and oxygen atoms in total. The zero-order valence-corrected chi connectivity index (χ0v) is 14.8. The number of methoxy groups -OCH3 is 1. The molecule has 1 aromatic heterocycles. The first-order valence-electron chi connectivity index (χ1n) is 5.95. The van der Waals surface area contributed by atoms with Crippen LogP contribution >= 0.6 is 43.2 Å². The third-order valence-electron chi connectivity index (χ3n) is 2.71. The van der Waals surface area contributed by atoms with E-state index in [1.165, 1.54) is 11.3 Å². The van der Waals surface area contributed by atoms with Crippen LogP contribution in [0.4, 0.5) is 0 Å². The number of aliphatic hydroxyl groups is 1. The molecule has 1 atom stereocenters. The Morgan fingerprint density at radius 2 is 2.00 bits per heavy atom. The summed E-state index contributed by atoms with van der Waals surface area (Å²) in [5, 5.41) is 12.3. The van der Waals surface area contributed by atoms with Gasteiger partial charge in [0, 0.05) is 11.6 Å². The Bertz CT molecular complexity index is 571. The minimum absolute atomic E-state index is 0.494. The second-order valence-electron chi connectivity index (χ2n) is 4.07. The summed E-state index contributed by atoms with van der Waals surface area (Å²) in [5.41, 5.74) is 0.819. The second-order valence-corrected chi connectivity index (χ2v) is 6.72. The van der Waals surface area contributed by atoms with Crippen LogP contribution in [0.15, 0.2) is 38.6 Å². The van der Waals surface area contributed by atoms with Gasteiger partial charge in [0.15, 0.2) is 0 Å². The molecule has 0 spiro atoms. The molecule has 1 unspecified atom stereocenters. The Morgan fingerprint density at radius 3 is 2.60 bits per heavy atom. The number of benzene rings is 1. The van der Waals surface area contributed by atoms with Crippen molar-refractivity contribution < 1.29 is 14.6 Å². The van der Waals surface area contributed by atoms with Crippen molar-refractivity contribution in [3.8, 4) is 5.75 Å². The van der Waals surface area contributed by atoms with Crippen molar-refractivity contribution in [2.75, 3.05) is 20.3 Å². The SMILES string of the molecule is COCCOc1ccc(C(O)c2sccc2Br)cc1Br. The molecule has 0 fully saturated rings. The maximum atomic E-state index is 10.4. The molecule has 0 amide bonds. The van der Waals surface area contributed by atoms with Gasteiger partial charge in [0.1, 0.15) is 18.5 Å². The molecule has 0 saturated heterocycles. The van der Waals surface area contributed by atoms with Crippen LogP contribution in [0.1, 0.15) is 16.5 Å². The highest BCUT2D eigenvalue weighted by molar-refractivity contribution is 9.10. The van der Waals surface area contributed by atoms with E-state index < -0.39 is 6.10 Å². The molecule has 0 bridgehead atoms. The summed E-state index contributed by atoms with van der Waals surface area (Å²) >= 11 is 8.42. The number of halogens is 2. The molecule has 1 heterocycles. The molecule has 0 aliphatic rings. The van der Waals surface area contributed by atoms with Crippen LogP contribution in [0.3, 0.4) is 0 Å². The monoisotopic (exact) mass is 420 g/mol. The van der Waals surface area contributed by atoms with Gasteiger partial charge >= 0.3 is 0 Å². The van der Waals surface area contributed by atoms with Crippen LogP contribution in [0.25, 0.3) is 0 Å². The van der Waals surface area contributed by atoms with E-state index in [0.717, 1.165) is 25.1 Å². The molecule has 6 heteroatoms. The fourth-order valence-corrected chi connectivity index (χ4v) is 3.80. The number of aliphatic hydroxyl groups excluding tert-OH is 1. The predicted octanol–water partition coefficient (Wildman–Crippen LogP) is 4.38. The molecule has 2 aromatic rings. The van der Waals surface area contributed by atoms with Gasteiger partial charge < -0.3 is 14.6 Å². The maximum absolute atomic E-state index is 10.4. The fraction of sp³-hybridized carbons (Fsp3) is 0.286. The number of thiophene rings is 1. The molecule has 0 aliphatic carbocycles. The number of ether oxygens (including phenoxy) is 2. The smallest absolute Gasteiger partial charge is 0.133 e. The Labute approximate surface area is 138 Å². The van der Waals surface area contributed by atoms with E-state index in [-0.39, 0.29) is 0 Å². The van der Waals surface area contributed by atoms with E-state index in [0.29, 0.717) is 13.2 Å². The summed E-state index contributed by atoms with van der Waals surface area (Å²) in [4.78, 5) is 0.893. The van der Waals surface area contributed by atoms with E-state index in [9.17, 15) is 5.11 Å². The predicted molar refractivity (Wildman–Crippen MR) is 87.6 cm³/mol. The highest BCUT2D eigenvalue weighted by Gasteiger charge is 2.16. The van der Waals surface area contributed by atoms with E-state index in [1.54, 1.807) is 7.11 Å². The van der Waals surface area contributed by atoms with E-state index in [1.807, 2.05) is 29.6 Å². The molecule has 1 aromatic carbocycles. The lowest BCUT2D eigenvalue weighted by Crippen LogP contribution is -2.05. The van der Waals surface area contributed by atoms with E-state index >= 15 is 0 Å². The van der Waals surface area contributed by atoms with Crippen LogP contribution in [-0.4, -0.2) is 25.4 Å². The molecular weight excluding hydrogens is 408 g/mol. The largest absolute Gasteiger partial charge is 0.490 e. The molecule has 0 radical (unpaired) electrons. The van der Waals surface area contributed by atoms with Gasteiger partial charge in [-0.15, -0.1) is 11.3 Å². The standard InChI is InChI=1S/C14H14Br2O3S/c1-18-5-6-19-12-3-2-9(8-11(12)16)13(17)14-10(15)4-7-20-14/h2-4,7-8,13,17H,5-6H2,1H3. The third kappa shape index (κ3) is 3.83. The minimum Gasteiger partial charge on any atom is -0.490 e. The Morgan fingerprint density at radius 1 is 1.20 bits per heavy atom. The molecule has 20 heavy (non-hydrogen) atoms. The average Bonchev–Trinajstić information content (AvgIpc) is 2.86. The molecule has 0 saturated carbocycles. The lowest BCUT2D eigenvalue weighted by molar-refractivity contribution is 0.146. The van der Waals surface area contributed by atoms with Gasteiger partial charge in [-0.05, 0) is 61.0 Å². The van der Waals surface area contributed by atoms with Crippen molar-refractivity contribution in [2.24, 2.45) is 0 Å². The highest BCUT2D eigenvalue weighted by Crippen LogP contribution is 2.35. The summed E-state index contributed by atoms with van der Waals surface area (Å²) in [6, 6.07) is 7.52. The van der Waals surface area contributed by atoms with Crippen molar-refractivity contribution in [1.82, 2.24) is 0 Å². The minimum atomic E-state index is -0.645. The van der Waals surface area contributed by atoms with Crippen LogP contribution in [0.5, 0.6) is 5.75 Å². The first kappa shape index (κ1) is 16.0. The Hall–Kier alpha value is -0.400. The average molecular weight is 422 g/mol. The van der Waals surface area contributed by atoms with E-state index in [2.05, 4.69) is 31.9 Å². The lowest BCUT2D eigenvalue weighted by Gasteiger charge is -2.13. The summed E-state index contributed by atoms with van der Waals surface area (Å²) in [6.07, 6.45) is -0.645. The normalized spacial score (nSPS) is 12.4. The number of hydrogen-bond acceptors (Lipinski definition) is 4. The zero-order chi connectivity index (χ0) is 14.5. The van der Waals surface area contributed by atoms with Crippen LogP contribution in [0, 0.1) is 0 Å². The summed E-state index contributed by atoms with van der Waals surface area (Å²) in [5.74, 6) is 0.739. The molecule has 1 N–H and O–H groups in total. The van der Waals surface area contributed by atoms with Crippen molar-refractivity contribution in [3.63, 3.8) is 0 Å². The summed E-state index contributed by atoms with van der Waals surface area (Å²) in [7, 11) is 1.64. The summed E-state index contributed by atoms with van der Waals surface area (Å²) < 4.78 is 12.2. The molecule has 0 aliphatic heterocycles. The first-order valence-corrected chi connectivity index (χ1v) is 8.42. The molecule has 2 rings (SSSR count). The highest BCUT2D eigenvalue weighted by atomic mass is 79.9. The Kier molecular flexibility index (Phi) is 6.04. The third-order valence-corrected chi connectivity index (χ3v) is 5.25. The van der Waals surface area contributed by atoms with Gasteiger partial charge in [0.2, 0.25) is 0 Å². The van der Waals surface area contributed by atoms with Crippen molar-refractivity contribution in [3.05, 3.63) is 49.0 Å². The van der Waals surface area contributed by atoms with Crippen LogP contribution in [-0.2, 0) is 4.74 Å². The van der Waals surface area contributed by atoms with Gasteiger partial charge in [0.05, 0.1) is 16.0 Å². The zero-order valence-electron chi connectivity index (χ0n) is 10.8. The van der Waals surface area contributed by atoms with Crippen LogP contribution in [0.2, 0.25) is 0 Å². The van der Waals surface area contributed by atoms with E-state index in [4.69, 9.17) is 9.47 Å². The van der Waals surface area contributed by atoms with Gasteiger partial charge in [-0.25, -0.2) is 0 Å². The second kappa shape index (κ2) is 7.56. The van der Waals surface area contributed by atoms with Crippen LogP contribution < -0.4 is 4.74 Å². The summed E-state index contributed by atoms with van der Waals surface area (Å²) in [6.45, 7) is 1.03. The lowest BCUT2D eigenvalue weighted by atomic mass is 10.1. The van der Waals surface area contributed by atoms with Gasteiger partial charge in [-0.3, -0.25) is 0 Å².